The molecule has 1 amide bonds. The van der Waals surface area contributed by atoms with Gasteiger partial charge in [0.05, 0.1) is 18.7 Å². The summed E-state index contributed by atoms with van der Waals surface area (Å²) in [5, 5.41) is 15.7. The smallest absolute Gasteiger partial charge is 0.308 e. The summed E-state index contributed by atoms with van der Waals surface area (Å²) in [6.45, 7) is 0.461. The first-order valence-electron chi connectivity index (χ1n) is 8.60. The molecule has 27 heavy (non-hydrogen) atoms. The second-order valence-corrected chi connectivity index (χ2v) is 6.49. The van der Waals surface area contributed by atoms with Crippen molar-refractivity contribution in [1.29, 1.82) is 0 Å². The quantitative estimate of drug-likeness (QED) is 0.579. The van der Waals surface area contributed by atoms with Gasteiger partial charge >= 0.3 is 5.97 Å². The third kappa shape index (κ3) is 6.83. The van der Waals surface area contributed by atoms with Crippen LogP contribution in [0.1, 0.15) is 12.0 Å². The molecule has 1 unspecified atom stereocenters. The van der Waals surface area contributed by atoms with E-state index in [1.807, 2.05) is 30.3 Å². The minimum absolute atomic E-state index is 0.0869. The summed E-state index contributed by atoms with van der Waals surface area (Å²) in [5.41, 5.74) is 1.62. The molecule has 7 heteroatoms. The Morgan fingerprint density at radius 3 is 2.59 bits per heavy atom. The third-order valence-electron chi connectivity index (χ3n) is 4.05. The van der Waals surface area contributed by atoms with E-state index in [0.29, 0.717) is 29.4 Å². The van der Waals surface area contributed by atoms with Crippen LogP contribution in [0.5, 0.6) is 5.75 Å². The molecule has 1 atom stereocenters. The topological polar surface area (TPSA) is 87.7 Å². The van der Waals surface area contributed by atoms with Gasteiger partial charge in [0.1, 0.15) is 5.75 Å². The van der Waals surface area contributed by atoms with Crippen LogP contribution < -0.4 is 15.4 Å². The molecule has 0 aliphatic carbocycles. The molecule has 0 aliphatic rings. The fraction of sp³-hybridized carbons (Fsp3) is 0.300. The van der Waals surface area contributed by atoms with Gasteiger partial charge in [-0.2, -0.15) is 0 Å². The molecule has 0 fully saturated rings. The van der Waals surface area contributed by atoms with E-state index in [0.717, 1.165) is 5.56 Å². The zero-order valence-electron chi connectivity index (χ0n) is 15.1. The molecule has 0 radical (unpaired) electrons. The van der Waals surface area contributed by atoms with Gasteiger partial charge in [0.25, 0.3) is 0 Å². The Bertz CT molecular complexity index is 768. The van der Waals surface area contributed by atoms with Gasteiger partial charge in [-0.05, 0) is 30.2 Å². The number of halogens is 1. The van der Waals surface area contributed by atoms with Crippen LogP contribution in [0.4, 0.5) is 5.69 Å². The first-order chi connectivity index (χ1) is 13.0. The number of hydrogen-bond acceptors (Lipinski definition) is 4. The Morgan fingerprint density at radius 2 is 1.93 bits per heavy atom. The zero-order chi connectivity index (χ0) is 19.6. The largest absolute Gasteiger partial charge is 0.495 e. The van der Waals surface area contributed by atoms with Crippen LogP contribution in [0.3, 0.4) is 0 Å². The third-order valence-corrected chi connectivity index (χ3v) is 4.28. The summed E-state index contributed by atoms with van der Waals surface area (Å²) < 4.78 is 5.23. The van der Waals surface area contributed by atoms with E-state index in [2.05, 4.69) is 10.6 Å². The number of carbonyl (C=O) groups is 2. The van der Waals surface area contributed by atoms with Crippen LogP contribution in [-0.2, 0) is 16.0 Å². The number of carbonyl (C=O) groups excluding carboxylic acids is 1. The number of ether oxygens (including phenoxy) is 1. The fourth-order valence-electron chi connectivity index (χ4n) is 2.60. The van der Waals surface area contributed by atoms with Gasteiger partial charge in [-0.3, -0.25) is 9.59 Å². The summed E-state index contributed by atoms with van der Waals surface area (Å²) >= 11 is 5.97. The predicted molar refractivity (Wildman–Crippen MR) is 105 cm³/mol. The Labute approximate surface area is 163 Å². The molecule has 144 valence electrons. The molecular weight excluding hydrogens is 368 g/mol. The number of rotatable bonds is 10. The monoisotopic (exact) mass is 390 g/mol. The molecule has 2 aromatic rings. The Balaban J connectivity index is 1.79. The van der Waals surface area contributed by atoms with Crippen LogP contribution >= 0.6 is 11.6 Å². The molecule has 0 spiro atoms. The first-order valence-corrected chi connectivity index (χ1v) is 8.98. The summed E-state index contributed by atoms with van der Waals surface area (Å²) in [4.78, 5) is 23.5. The second kappa shape index (κ2) is 10.4. The number of carboxylic acid groups (broad SMARTS) is 1. The molecule has 0 aromatic heterocycles. The second-order valence-electron chi connectivity index (χ2n) is 6.05. The zero-order valence-corrected chi connectivity index (χ0v) is 15.8. The van der Waals surface area contributed by atoms with Crippen molar-refractivity contribution >= 4 is 29.2 Å². The maximum Gasteiger partial charge on any atom is 0.308 e. The molecule has 0 heterocycles. The van der Waals surface area contributed by atoms with E-state index in [4.69, 9.17) is 16.3 Å². The molecule has 0 saturated heterocycles. The molecule has 0 saturated carbocycles. The van der Waals surface area contributed by atoms with Gasteiger partial charge in [0.15, 0.2) is 0 Å². The lowest BCUT2D eigenvalue weighted by Gasteiger charge is -2.14. The fourth-order valence-corrected chi connectivity index (χ4v) is 2.77. The molecule has 0 bridgehead atoms. The highest BCUT2D eigenvalue weighted by Crippen LogP contribution is 2.27. The molecule has 2 aromatic carbocycles. The van der Waals surface area contributed by atoms with E-state index in [-0.39, 0.29) is 18.9 Å². The molecule has 3 N–H and O–H groups in total. The maximum atomic E-state index is 12.0. The highest BCUT2D eigenvalue weighted by Gasteiger charge is 2.18. The Hall–Kier alpha value is -2.73. The Morgan fingerprint density at radius 1 is 1.19 bits per heavy atom. The lowest BCUT2D eigenvalue weighted by Crippen LogP contribution is -2.34. The number of methoxy groups -OCH3 is 1. The number of amides is 1. The molecular formula is C20H23ClN2O4. The van der Waals surface area contributed by atoms with Crippen LogP contribution in [0, 0.1) is 5.92 Å². The van der Waals surface area contributed by atoms with Gasteiger partial charge < -0.3 is 20.5 Å². The van der Waals surface area contributed by atoms with Crippen molar-refractivity contribution < 1.29 is 19.4 Å². The summed E-state index contributed by atoms with van der Waals surface area (Å²) in [5.74, 6) is -1.19. The lowest BCUT2D eigenvalue weighted by atomic mass is 9.99. The molecule has 2 rings (SSSR count). The Kier molecular flexibility index (Phi) is 7.95. The van der Waals surface area contributed by atoms with Crippen molar-refractivity contribution in [3.05, 3.63) is 59.1 Å². The summed E-state index contributed by atoms with van der Waals surface area (Å²) in [6, 6.07) is 14.5. The normalized spacial score (nSPS) is 11.5. The number of aliphatic carboxylic acids is 1. The van der Waals surface area contributed by atoms with Crippen molar-refractivity contribution in [2.24, 2.45) is 5.92 Å². The van der Waals surface area contributed by atoms with Crippen molar-refractivity contribution in [3.8, 4) is 5.75 Å². The lowest BCUT2D eigenvalue weighted by molar-refractivity contribution is -0.141. The summed E-state index contributed by atoms with van der Waals surface area (Å²) in [7, 11) is 1.56. The average Bonchev–Trinajstić information content (AvgIpc) is 2.66. The summed E-state index contributed by atoms with van der Waals surface area (Å²) in [6.07, 6.45) is 0.571. The van der Waals surface area contributed by atoms with Gasteiger partial charge in [-0.25, -0.2) is 0 Å². The molecule has 6 nitrogen and oxygen atoms in total. The van der Waals surface area contributed by atoms with Crippen LogP contribution in [0.25, 0.3) is 0 Å². The van der Waals surface area contributed by atoms with Gasteiger partial charge in [0, 0.05) is 24.5 Å². The van der Waals surface area contributed by atoms with Crippen LogP contribution in [0.2, 0.25) is 5.02 Å². The van der Waals surface area contributed by atoms with E-state index >= 15 is 0 Å². The van der Waals surface area contributed by atoms with Gasteiger partial charge in [-0.1, -0.05) is 41.9 Å². The van der Waals surface area contributed by atoms with Crippen LogP contribution in [-0.4, -0.2) is 37.2 Å². The molecule has 0 aliphatic heterocycles. The van der Waals surface area contributed by atoms with Gasteiger partial charge in [0.2, 0.25) is 5.91 Å². The highest BCUT2D eigenvalue weighted by atomic mass is 35.5. The number of benzene rings is 2. The highest BCUT2D eigenvalue weighted by molar-refractivity contribution is 6.30. The van der Waals surface area contributed by atoms with Crippen molar-refractivity contribution in [2.75, 3.05) is 25.5 Å². The maximum absolute atomic E-state index is 12.0. The minimum Gasteiger partial charge on any atom is -0.495 e. The van der Waals surface area contributed by atoms with E-state index in [9.17, 15) is 14.7 Å². The first kappa shape index (κ1) is 20.6. The van der Waals surface area contributed by atoms with E-state index in [1.165, 1.54) is 0 Å². The van der Waals surface area contributed by atoms with Crippen molar-refractivity contribution in [2.45, 2.75) is 12.8 Å². The SMILES string of the molecule is COc1ccc(Cl)cc1NCCC(=O)NCC(Cc1ccccc1)C(=O)O. The number of nitrogens with one attached hydrogen (secondary N) is 2. The van der Waals surface area contributed by atoms with Gasteiger partial charge in [-0.15, -0.1) is 0 Å². The average molecular weight is 391 g/mol. The number of carboxylic acids is 1. The van der Waals surface area contributed by atoms with E-state index < -0.39 is 11.9 Å². The predicted octanol–water partition coefficient (Wildman–Crippen LogP) is 3.21. The number of anilines is 1. The minimum atomic E-state index is -0.930. The standard InChI is InChI=1S/C20H23ClN2O4/c1-27-18-8-7-16(21)12-17(18)22-10-9-19(24)23-13-15(20(25)26)11-14-5-3-2-4-6-14/h2-8,12,15,22H,9-11,13H2,1H3,(H,23,24)(H,25,26). The number of hydrogen-bond donors (Lipinski definition) is 3. The van der Waals surface area contributed by atoms with Crippen molar-refractivity contribution in [3.63, 3.8) is 0 Å². The van der Waals surface area contributed by atoms with Crippen molar-refractivity contribution in [1.82, 2.24) is 5.32 Å². The van der Waals surface area contributed by atoms with Crippen LogP contribution in [0.15, 0.2) is 48.5 Å². The van der Waals surface area contributed by atoms with E-state index in [1.54, 1.807) is 25.3 Å².